The number of fused-ring (bicyclic) bond motifs is 1. The average molecular weight is 342 g/mol. The molecule has 0 aliphatic carbocycles. The number of hydrogen-bond acceptors (Lipinski definition) is 2. The van der Waals surface area contributed by atoms with Crippen LogP contribution in [-0.4, -0.2) is 27.6 Å². The van der Waals surface area contributed by atoms with Gasteiger partial charge in [0.15, 0.2) is 0 Å². The Kier molecular flexibility index (Phi) is 5.67. The third-order valence-corrected chi connectivity index (χ3v) is 4.23. The zero-order valence-electron chi connectivity index (χ0n) is 15.1. The molecule has 25 heavy (non-hydrogen) atoms. The van der Waals surface area contributed by atoms with E-state index in [1.165, 1.54) is 0 Å². The summed E-state index contributed by atoms with van der Waals surface area (Å²) in [6, 6.07) is 6.72. The molecule has 0 aliphatic rings. The number of nitrogens with zero attached hydrogens (tertiary/aromatic N) is 1. The summed E-state index contributed by atoms with van der Waals surface area (Å²) in [6.45, 7) is 9.90. The number of para-hydroxylation sites is 1. The van der Waals surface area contributed by atoms with Crippen LogP contribution in [0.1, 0.15) is 44.0 Å². The van der Waals surface area contributed by atoms with Crippen molar-refractivity contribution < 1.29 is 14.7 Å². The van der Waals surface area contributed by atoms with Crippen molar-refractivity contribution >= 4 is 22.8 Å². The molecule has 1 amide bonds. The Hall–Kier alpha value is -2.56. The molecule has 0 saturated carbocycles. The predicted octanol–water partition coefficient (Wildman–Crippen LogP) is 3.84. The van der Waals surface area contributed by atoms with Crippen LogP contribution in [-0.2, 0) is 11.3 Å². The summed E-state index contributed by atoms with van der Waals surface area (Å²) in [5.41, 5.74) is 0.896. The van der Waals surface area contributed by atoms with Crippen LogP contribution in [0.5, 0.6) is 0 Å². The number of nitrogens with one attached hydrogen (secondary N) is 1. The summed E-state index contributed by atoms with van der Waals surface area (Å²) in [4.78, 5) is 24.3. The van der Waals surface area contributed by atoms with E-state index in [4.69, 9.17) is 0 Å². The number of allylic oxidation sites excluding steroid dienone is 1. The van der Waals surface area contributed by atoms with Gasteiger partial charge in [-0.2, -0.15) is 0 Å². The van der Waals surface area contributed by atoms with Gasteiger partial charge in [0, 0.05) is 23.6 Å². The normalized spacial score (nSPS) is 12.8. The smallest absolute Gasteiger partial charge is 0.326 e. The van der Waals surface area contributed by atoms with E-state index in [-0.39, 0.29) is 5.91 Å². The topological polar surface area (TPSA) is 71.3 Å². The summed E-state index contributed by atoms with van der Waals surface area (Å²) >= 11 is 0. The zero-order chi connectivity index (χ0) is 18.6. The number of aryl methyl sites for hydroxylation is 1. The molecule has 2 rings (SSSR count). The lowest BCUT2D eigenvalue weighted by molar-refractivity contribution is -0.142. The Bertz CT molecular complexity index is 784. The van der Waals surface area contributed by atoms with Gasteiger partial charge in [0.1, 0.15) is 6.04 Å². The second-order valence-electron chi connectivity index (χ2n) is 7.29. The lowest BCUT2D eigenvalue weighted by atomic mass is 9.86. The molecule has 0 radical (unpaired) electrons. The van der Waals surface area contributed by atoms with Gasteiger partial charge in [-0.3, -0.25) is 4.79 Å². The number of benzene rings is 1. The van der Waals surface area contributed by atoms with Crippen LogP contribution >= 0.6 is 0 Å². The van der Waals surface area contributed by atoms with Gasteiger partial charge in [-0.1, -0.05) is 45.0 Å². The van der Waals surface area contributed by atoms with Crippen molar-refractivity contribution in [2.75, 3.05) is 0 Å². The molecular weight excluding hydrogens is 316 g/mol. The van der Waals surface area contributed by atoms with E-state index in [1.54, 1.807) is 20.8 Å². The fourth-order valence-electron chi connectivity index (χ4n) is 2.88. The largest absolute Gasteiger partial charge is 0.480 e. The van der Waals surface area contributed by atoms with Gasteiger partial charge in [0.2, 0.25) is 0 Å². The number of unbranched alkanes of at least 4 members (excludes halogenated alkanes) is 1. The predicted molar refractivity (Wildman–Crippen MR) is 99.7 cm³/mol. The highest BCUT2D eigenvalue weighted by molar-refractivity contribution is 6.08. The number of aromatic nitrogens is 1. The van der Waals surface area contributed by atoms with Crippen LogP contribution in [0.15, 0.2) is 43.1 Å². The van der Waals surface area contributed by atoms with Crippen molar-refractivity contribution in [3.8, 4) is 0 Å². The van der Waals surface area contributed by atoms with Gasteiger partial charge < -0.3 is 15.0 Å². The number of aliphatic carboxylic acids is 1. The van der Waals surface area contributed by atoms with E-state index in [2.05, 4.69) is 11.9 Å². The summed E-state index contributed by atoms with van der Waals surface area (Å²) < 4.78 is 2.04. The summed E-state index contributed by atoms with van der Waals surface area (Å²) in [5, 5.41) is 12.9. The Morgan fingerprint density at radius 2 is 2.00 bits per heavy atom. The maximum Gasteiger partial charge on any atom is 0.326 e. The highest BCUT2D eigenvalue weighted by Gasteiger charge is 2.33. The van der Waals surface area contributed by atoms with E-state index in [0.29, 0.717) is 5.56 Å². The molecule has 0 aliphatic heterocycles. The van der Waals surface area contributed by atoms with Crippen molar-refractivity contribution in [3.05, 3.63) is 48.7 Å². The minimum absolute atomic E-state index is 0.360. The zero-order valence-corrected chi connectivity index (χ0v) is 15.1. The minimum Gasteiger partial charge on any atom is -0.480 e. The second-order valence-corrected chi connectivity index (χ2v) is 7.29. The fourth-order valence-corrected chi connectivity index (χ4v) is 2.88. The van der Waals surface area contributed by atoms with Crippen molar-refractivity contribution in [2.24, 2.45) is 5.41 Å². The van der Waals surface area contributed by atoms with Crippen LogP contribution < -0.4 is 5.32 Å². The van der Waals surface area contributed by atoms with Crippen LogP contribution in [0.4, 0.5) is 0 Å². The standard InChI is InChI=1S/C20H26N2O3/c1-5-6-9-12-22-13-15(14-10-7-8-11-16(14)22)18(23)21-17(19(24)25)20(2,3)4/h5,7-8,10-11,13,17H,1,6,9,12H2,2-4H3,(H,21,23)(H,24,25). The van der Waals surface area contributed by atoms with Crippen LogP contribution in [0.25, 0.3) is 10.9 Å². The molecular formula is C20H26N2O3. The Morgan fingerprint density at radius 1 is 1.32 bits per heavy atom. The molecule has 0 bridgehead atoms. The van der Waals surface area contributed by atoms with Gasteiger partial charge in [0.05, 0.1) is 5.56 Å². The van der Waals surface area contributed by atoms with Gasteiger partial charge in [-0.05, 0) is 24.3 Å². The molecule has 1 aromatic heterocycles. The number of carbonyl (C=O) groups excluding carboxylic acids is 1. The number of carboxylic acids is 1. The number of carbonyl (C=O) groups is 2. The number of hydrogen-bond donors (Lipinski definition) is 2. The van der Waals surface area contributed by atoms with Gasteiger partial charge in [-0.25, -0.2) is 4.79 Å². The van der Waals surface area contributed by atoms with Gasteiger partial charge in [0.25, 0.3) is 5.91 Å². The second kappa shape index (κ2) is 7.55. The van der Waals surface area contributed by atoms with Crippen molar-refractivity contribution in [3.63, 3.8) is 0 Å². The molecule has 0 saturated heterocycles. The average Bonchev–Trinajstić information content (AvgIpc) is 2.90. The third kappa shape index (κ3) is 4.29. The minimum atomic E-state index is -1.03. The Balaban J connectivity index is 2.34. The van der Waals surface area contributed by atoms with Crippen LogP contribution in [0, 0.1) is 5.41 Å². The molecule has 5 heteroatoms. The maximum absolute atomic E-state index is 12.8. The van der Waals surface area contributed by atoms with Crippen molar-refractivity contribution in [2.45, 2.75) is 46.2 Å². The molecule has 1 aromatic carbocycles. The van der Waals surface area contributed by atoms with E-state index in [0.717, 1.165) is 30.3 Å². The number of amides is 1. The van der Waals surface area contributed by atoms with E-state index >= 15 is 0 Å². The van der Waals surface area contributed by atoms with E-state index in [1.807, 2.05) is 41.1 Å². The maximum atomic E-state index is 12.8. The molecule has 1 unspecified atom stereocenters. The quantitative estimate of drug-likeness (QED) is 0.593. The number of carboxylic acid groups (broad SMARTS) is 1. The molecule has 1 heterocycles. The Labute approximate surface area is 148 Å². The molecule has 5 nitrogen and oxygen atoms in total. The SMILES string of the molecule is C=CCCCn1cc(C(=O)NC(C(=O)O)C(C)(C)C)c2ccccc21. The lowest BCUT2D eigenvalue weighted by Crippen LogP contribution is -2.49. The third-order valence-electron chi connectivity index (χ3n) is 4.23. The van der Waals surface area contributed by atoms with Crippen molar-refractivity contribution in [1.82, 2.24) is 9.88 Å². The van der Waals surface area contributed by atoms with E-state index in [9.17, 15) is 14.7 Å². The molecule has 0 fully saturated rings. The molecule has 1 atom stereocenters. The summed E-state index contributed by atoms with van der Waals surface area (Å²) in [5.74, 6) is -1.39. The number of rotatable bonds is 7. The van der Waals surface area contributed by atoms with Gasteiger partial charge in [-0.15, -0.1) is 6.58 Å². The highest BCUT2D eigenvalue weighted by Crippen LogP contribution is 2.24. The molecule has 134 valence electrons. The first-order valence-corrected chi connectivity index (χ1v) is 8.48. The Morgan fingerprint density at radius 3 is 2.60 bits per heavy atom. The van der Waals surface area contributed by atoms with E-state index < -0.39 is 17.4 Å². The van der Waals surface area contributed by atoms with Crippen LogP contribution in [0.2, 0.25) is 0 Å². The van der Waals surface area contributed by atoms with Crippen molar-refractivity contribution in [1.29, 1.82) is 0 Å². The first kappa shape index (κ1) is 18.8. The fraction of sp³-hybridized carbons (Fsp3) is 0.400. The van der Waals surface area contributed by atoms with Gasteiger partial charge >= 0.3 is 5.97 Å². The highest BCUT2D eigenvalue weighted by atomic mass is 16.4. The first-order valence-electron chi connectivity index (χ1n) is 8.48. The molecule has 2 aromatic rings. The summed E-state index contributed by atoms with van der Waals surface area (Å²) in [7, 11) is 0. The molecule has 2 N–H and O–H groups in total. The first-order chi connectivity index (χ1) is 11.8. The monoisotopic (exact) mass is 342 g/mol. The van der Waals surface area contributed by atoms with Crippen LogP contribution in [0.3, 0.4) is 0 Å². The lowest BCUT2D eigenvalue weighted by Gasteiger charge is -2.27. The molecule has 0 spiro atoms. The summed E-state index contributed by atoms with van der Waals surface area (Å²) in [6.07, 6.45) is 5.52.